The summed E-state index contributed by atoms with van der Waals surface area (Å²) in [4.78, 5) is 2.19. The van der Waals surface area contributed by atoms with Crippen molar-refractivity contribution in [2.45, 2.75) is 38.1 Å². The van der Waals surface area contributed by atoms with Gasteiger partial charge in [-0.05, 0) is 43.7 Å². The van der Waals surface area contributed by atoms with E-state index in [9.17, 15) is 8.42 Å². The summed E-state index contributed by atoms with van der Waals surface area (Å²) in [6.45, 7) is 5.40. The molecule has 0 saturated carbocycles. The third-order valence-corrected chi connectivity index (χ3v) is 5.66. The van der Waals surface area contributed by atoms with Crippen LogP contribution in [0, 0.1) is 0 Å². The van der Waals surface area contributed by atoms with Crippen molar-refractivity contribution in [3.63, 3.8) is 0 Å². The summed E-state index contributed by atoms with van der Waals surface area (Å²) in [5.41, 5.74) is 1.10. The molecule has 0 atom stereocenters. The van der Waals surface area contributed by atoms with E-state index in [1.807, 2.05) is 24.3 Å². The first-order valence-electron chi connectivity index (χ1n) is 7.70. The van der Waals surface area contributed by atoms with Crippen LogP contribution in [0.15, 0.2) is 45.9 Å². The number of nitrogens with zero attached hydrogens (tertiary/aromatic N) is 2. The van der Waals surface area contributed by atoms with Crippen molar-refractivity contribution in [2.75, 3.05) is 14.1 Å². The first-order chi connectivity index (χ1) is 11.2. The lowest BCUT2D eigenvalue weighted by Crippen LogP contribution is -2.29. The molecule has 24 heavy (non-hydrogen) atoms. The second-order valence-electron chi connectivity index (χ2n) is 6.14. The van der Waals surface area contributed by atoms with Crippen LogP contribution in [0.25, 0.3) is 0 Å². The molecule has 2 rings (SSSR count). The molecule has 0 spiro atoms. The highest BCUT2D eigenvalue weighted by molar-refractivity contribution is 7.88. The van der Waals surface area contributed by atoms with Gasteiger partial charge in [-0.2, -0.15) is 0 Å². The van der Waals surface area contributed by atoms with Gasteiger partial charge < -0.3 is 4.42 Å². The van der Waals surface area contributed by atoms with Gasteiger partial charge in [0.05, 0.1) is 6.54 Å². The van der Waals surface area contributed by atoms with Crippen molar-refractivity contribution in [3.05, 3.63) is 52.7 Å². The Kier molecular flexibility index (Phi) is 6.09. The number of sulfonamides is 1. The van der Waals surface area contributed by atoms with Crippen LogP contribution in [0.4, 0.5) is 0 Å². The minimum atomic E-state index is -3.55. The quantitative estimate of drug-likeness (QED) is 0.747. The van der Waals surface area contributed by atoms with E-state index in [-0.39, 0.29) is 11.1 Å². The molecule has 0 bridgehead atoms. The zero-order valence-electron chi connectivity index (χ0n) is 14.4. The Balaban J connectivity index is 2.16. The van der Waals surface area contributed by atoms with E-state index in [0.717, 1.165) is 9.87 Å². The van der Waals surface area contributed by atoms with Gasteiger partial charge in [-0.1, -0.05) is 23.7 Å². The second kappa shape index (κ2) is 7.70. The molecule has 0 radical (unpaired) electrons. The zero-order valence-corrected chi connectivity index (χ0v) is 15.9. The lowest BCUT2D eigenvalue weighted by Gasteiger charge is -2.25. The van der Waals surface area contributed by atoms with Crippen LogP contribution in [0.5, 0.6) is 0 Å². The van der Waals surface area contributed by atoms with Crippen molar-refractivity contribution in [2.24, 2.45) is 0 Å². The fraction of sp³-hybridized carbons (Fsp3) is 0.412. The molecular formula is C17H23ClN2O3S. The van der Waals surface area contributed by atoms with Crippen LogP contribution in [0.3, 0.4) is 0 Å². The summed E-state index contributed by atoms with van der Waals surface area (Å²) in [5, 5.41) is 0.669. The van der Waals surface area contributed by atoms with E-state index < -0.39 is 10.0 Å². The van der Waals surface area contributed by atoms with Crippen molar-refractivity contribution >= 4 is 21.6 Å². The molecule has 1 aromatic carbocycles. The van der Waals surface area contributed by atoms with Crippen LogP contribution in [-0.4, -0.2) is 37.8 Å². The lowest BCUT2D eigenvalue weighted by molar-refractivity contribution is 0.183. The summed E-state index contributed by atoms with van der Waals surface area (Å²) >= 11 is 6.04. The van der Waals surface area contributed by atoms with E-state index in [0.29, 0.717) is 23.9 Å². The molecule has 0 aliphatic carbocycles. The van der Waals surface area contributed by atoms with Crippen molar-refractivity contribution in [1.82, 2.24) is 9.21 Å². The summed E-state index contributed by atoms with van der Waals surface area (Å²) in [6, 6.07) is 11.2. The van der Waals surface area contributed by atoms with E-state index in [2.05, 4.69) is 18.7 Å². The SMILES string of the molecule is CC(C)N(Cc1cccc(Cl)c1)Cc1ccc(S(=O)(=O)N(C)C)o1. The second-order valence-corrected chi connectivity index (χ2v) is 8.66. The Hall–Kier alpha value is -1.34. The minimum Gasteiger partial charge on any atom is -0.447 e. The Bertz CT molecular complexity index is 785. The van der Waals surface area contributed by atoms with Gasteiger partial charge in [-0.25, -0.2) is 12.7 Å². The van der Waals surface area contributed by atoms with Gasteiger partial charge in [0.15, 0.2) is 0 Å². The van der Waals surface area contributed by atoms with Gasteiger partial charge in [0.25, 0.3) is 10.0 Å². The summed E-state index contributed by atoms with van der Waals surface area (Å²) < 4.78 is 30.9. The fourth-order valence-corrected chi connectivity index (χ4v) is 3.28. The Morgan fingerprint density at radius 1 is 1.12 bits per heavy atom. The molecule has 1 aromatic heterocycles. The van der Waals surface area contributed by atoms with Crippen LogP contribution >= 0.6 is 11.6 Å². The highest BCUT2D eigenvalue weighted by atomic mass is 35.5. The normalized spacial score (nSPS) is 12.5. The average Bonchev–Trinajstić information content (AvgIpc) is 2.95. The highest BCUT2D eigenvalue weighted by Crippen LogP contribution is 2.21. The average molecular weight is 371 g/mol. The maximum absolute atomic E-state index is 12.1. The molecule has 132 valence electrons. The number of benzene rings is 1. The lowest BCUT2D eigenvalue weighted by atomic mass is 10.2. The number of rotatable bonds is 7. The van der Waals surface area contributed by atoms with E-state index in [1.54, 1.807) is 6.07 Å². The zero-order chi connectivity index (χ0) is 17.9. The molecule has 0 amide bonds. The van der Waals surface area contributed by atoms with Crippen LogP contribution in [-0.2, 0) is 23.1 Å². The van der Waals surface area contributed by atoms with Gasteiger partial charge >= 0.3 is 0 Å². The maximum atomic E-state index is 12.1. The largest absolute Gasteiger partial charge is 0.447 e. The molecule has 0 fully saturated rings. The van der Waals surface area contributed by atoms with E-state index in [1.165, 1.54) is 20.2 Å². The topological polar surface area (TPSA) is 53.8 Å². The predicted molar refractivity (Wildman–Crippen MR) is 95.4 cm³/mol. The molecule has 0 aliphatic rings. The highest BCUT2D eigenvalue weighted by Gasteiger charge is 2.22. The summed E-state index contributed by atoms with van der Waals surface area (Å²) in [6.07, 6.45) is 0. The molecular weight excluding hydrogens is 348 g/mol. The van der Waals surface area contributed by atoms with Crippen molar-refractivity contribution < 1.29 is 12.8 Å². The Morgan fingerprint density at radius 3 is 2.42 bits per heavy atom. The molecule has 0 unspecified atom stereocenters. The fourth-order valence-electron chi connectivity index (χ4n) is 2.25. The predicted octanol–water partition coefficient (Wildman–Crippen LogP) is 3.59. The summed E-state index contributed by atoms with van der Waals surface area (Å²) in [7, 11) is -0.579. The molecule has 1 heterocycles. The third-order valence-electron chi connectivity index (χ3n) is 3.74. The Morgan fingerprint density at radius 2 is 1.83 bits per heavy atom. The van der Waals surface area contributed by atoms with Crippen molar-refractivity contribution in [3.8, 4) is 0 Å². The monoisotopic (exact) mass is 370 g/mol. The van der Waals surface area contributed by atoms with Gasteiger partial charge in [0, 0.05) is 31.7 Å². The number of halogens is 1. The van der Waals surface area contributed by atoms with E-state index >= 15 is 0 Å². The smallest absolute Gasteiger partial charge is 0.275 e. The minimum absolute atomic E-state index is 0.0334. The number of hydrogen-bond donors (Lipinski definition) is 0. The summed E-state index contributed by atoms with van der Waals surface area (Å²) in [5.74, 6) is 0.617. The number of hydrogen-bond acceptors (Lipinski definition) is 4. The maximum Gasteiger partial charge on any atom is 0.275 e. The standard InChI is InChI=1S/C17H23ClN2O3S/c1-13(2)20(11-14-6-5-7-15(18)10-14)12-16-8-9-17(23-16)24(21,22)19(3)4/h5-10,13H,11-12H2,1-4H3. The van der Waals surface area contributed by atoms with Gasteiger partial charge in [0.1, 0.15) is 5.76 Å². The molecule has 0 aliphatic heterocycles. The molecule has 5 nitrogen and oxygen atoms in total. The van der Waals surface area contributed by atoms with Gasteiger partial charge in [-0.15, -0.1) is 0 Å². The van der Waals surface area contributed by atoms with Crippen LogP contribution < -0.4 is 0 Å². The first kappa shape index (κ1) is 19.0. The van der Waals surface area contributed by atoms with Gasteiger partial charge in [0.2, 0.25) is 5.09 Å². The molecule has 7 heteroatoms. The third kappa shape index (κ3) is 4.60. The van der Waals surface area contributed by atoms with E-state index in [4.69, 9.17) is 16.0 Å². The molecule has 2 aromatic rings. The molecule has 0 saturated heterocycles. The van der Waals surface area contributed by atoms with Crippen LogP contribution in [0.2, 0.25) is 5.02 Å². The number of furan rings is 1. The van der Waals surface area contributed by atoms with Gasteiger partial charge in [-0.3, -0.25) is 4.90 Å². The first-order valence-corrected chi connectivity index (χ1v) is 9.51. The van der Waals surface area contributed by atoms with Crippen molar-refractivity contribution in [1.29, 1.82) is 0 Å². The Labute approximate surface area is 148 Å². The molecule has 0 N–H and O–H groups in total. The van der Waals surface area contributed by atoms with Crippen LogP contribution in [0.1, 0.15) is 25.2 Å².